The lowest BCUT2D eigenvalue weighted by Crippen LogP contribution is -2.27. The van der Waals surface area contributed by atoms with Crippen molar-refractivity contribution < 1.29 is 0 Å². The van der Waals surface area contributed by atoms with E-state index in [1.807, 2.05) is 0 Å². The first-order valence-corrected chi connectivity index (χ1v) is 7.53. The van der Waals surface area contributed by atoms with Crippen molar-refractivity contribution in [1.29, 1.82) is 0 Å². The van der Waals surface area contributed by atoms with E-state index in [2.05, 4.69) is 9.98 Å². The van der Waals surface area contributed by atoms with Crippen LogP contribution in [0.2, 0.25) is 0 Å². The smallest absolute Gasteiger partial charge is 0.218 e. The van der Waals surface area contributed by atoms with Crippen LogP contribution in [0.5, 0.6) is 0 Å². The van der Waals surface area contributed by atoms with Gasteiger partial charge < -0.3 is 17.2 Å². The summed E-state index contributed by atoms with van der Waals surface area (Å²) >= 11 is 0. The molecule has 2 unspecified atom stereocenters. The molecule has 2 rings (SSSR count). The molecule has 0 aromatic rings. The van der Waals surface area contributed by atoms with Crippen molar-refractivity contribution in [2.75, 3.05) is 6.54 Å². The zero-order valence-corrected chi connectivity index (χ0v) is 11.7. The van der Waals surface area contributed by atoms with Crippen LogP contribution in [0.1, 0.15) is 51.4 Å². The lowest BCUT2D eigenvalue weighted by atomic mass is 9.67. The SMILES string of the molecule is NC(N)=NC(N)=NCCCC1CC2CCCC(C1)C2. The second-order valence-electron chi connectivity index (χ2n) is 6.15. The maximum Gasteiger partial charge on any atom is 0.218 e. The molecule has 19 heavy (non-hydrogen) atoms. The molecule has 0 aromatic carbocycles. The first-order valence-electron chi connectivity index (χ1n) is 7.53. The highest BCUT2D eigenvalue weighted by Gasteiger charge is 2.31. The lowest BCUT2D eigenvalue weighted by Gasteiger charge is -2.39. The fourth-order valence-electron chi connectivity index (χ4n) is 3.85. The number of hydrogen-bond donors (Lipinski definition) is 3. The van der Waals surface area contributed by atoms with Crippen molar-refractivity contribution in [3.05, 3.63) is 0 Å². The van der Waals surface area contributed by atoms with Crippen LogP contribution in [0.25, 0.3) is 0 Å². The van der Waals surface area contributed by atoms with Gasteiger partial charge in [0.2, 0.25) is 5.96 Å². The third-order valence-corrected chi connectivity index (χ3v) is 4.51. The van der Waals surface area contributed by atoms with Crippen LogP contribution in [-0.2, 0) is 0 Å². The van der Waals surface area contributed by atoms with Gasteiger partial charge in [0.1, 0.15) is 0 Å². The maximum atomic E-state index is 5.57. The van der Waals surface area contributed by atoms with Gasteiger partial charge in [-0.2, -0.15) is 4.99 Å². The second-order valence-corrected chi connectivity index (χ2v) is 6.15. The molecule has 2 bridgehead atoms. The first kappa shape index (κ1) is 14.2. The van der Waals surface area contributed by atoms with E-state index in [0.717, 1.165) is 30.7 Å². The van der Waals surface area contributed by atoms with Gasteiger partial charge in [-0.1, -0.05) is 19.3 Å². The van der Waals surface area contributed by atoms with Gasteiger partial charge in [0.25, 0.3) is 0 Å². The van der Waals surface area contributed by atoms with E-state index < -0.39 is 0 Å². The highest BCUT2D eigenvalue weighted by Crippen LogP contribution is 2.43. The predicted octanol–water partition coefficient (Wildman–Crippen LogP) is 1.57. The largest absolute Gasteiger partial charge is 0.370 e. The van der Waals surface area contributed by atoms with Crippen LogP contribution in [0.4, 0.5) is 0 Å². The Bertz CT molecular complexity index is 334. The normalized spacial score (nSPS) is 30.9. The standard InChI is InChI=1S/C14H27N5/c15-13(16)19-14(17)18-6-2-5-12-8-10-3-1-4-11(7-10)9-12/h10-12H,1-9H2,(H6,15,16,17,18,19). The zero-order chi connectivity index (χ0) is 13.7. The minimum atomic E-state index is -0.0265. The molecular formula is C14H27N5. The number of hydrogen-bond acceptors (Lipinski definition) is 1. The van der Waals surface area contributed by atoms with E-state index in [1.54, 1.807) is 0 Å². The Hall–Kier alpha value is -1.26. The van der Waals surface area contributed by atoms with Gasteiger partial charge in [-0.3, -0.25) is 4.99 Å². The summed E-state index contributed by atoms with van der Waals surface area (Å²) in [6, 6.07) is 0. The van der Waals surface area contributed by atoms with Crippen molar-refractivity contribution in [2.45, 2.75) is 51.4 Å². The van der Waals surface area contributed by atoms with Gasteiger partial charge in [-0.25, -0.2) is 0 Å². The average molecular weight is 265 g/mol. The van der Waals surface area contributed by atoms with Crippen molar-refractivity contribution in [2.24, 2.45) is 44.9 Å². The number of nitrogens with two attached hydrogens (primary N) is 3. The Morgan fingerprint density at radius 3 is 2.32 bits per heavy atom. The summed E-state index contributed by atoms with van der Waals surface area (Å²) < 4.78 is 0. The van der Waals surface area contributed by atoms with Gasteiger partial charge in [0.05, 0.1) is 0 Å². The third kappa shape index (κ3) is 4.73. The number of aliphatic imine (C=N–C) groups is 2. The number of nitrogens with zero attached hydrogens (tertiary/aromatic N) is 2. The predicted molar refractivity (Wildman–Crippen MR) is 79.7 cm³/mol. The van der Waals surface area contributed by atoms with E-state index in [4.69, 9.17) is 17.2 Å². The summed E-state index contributed by atoms with van der Waals surface area (Å²) in [5, 5.41) is 0. The van der Waals surface area contributed by atoms with Crippen LogP contribution < -0.4 is 17.2 Å². The topological polar surface area (TPSA) is 103 Å². The Kier molecular flexibility index (Phi) is 5.05. The molecule has 0 saturated heterocycles. The summed E-state index contributed by atoms with van der Waals surface area (Å²) in [5.41, 5.74) is 16.0. The van der Waals surface area contributed by atoms with Crippen molar-refractivity contribution in [3.8, 4) is 0 Å². The molecule has 6 N–H and O–H groups in total. The second kappa shape index (κ2) is 6.78. The Morgan fingerprint density at radius 1 is 1.00 bits per heavy atom. The van der Waals surface area contributed by atoms with Crippen LogP contribution in [0.15, 0.2) is 9.98 Å². The Morgan fingerprint density at radius 2 is 1.68 bits per heavy atom. The van der Waals surface area contributed by atoms with Gasteiger partial charge in [0, 0.05) is 6.54 Å². The third-order valence-electron chi connectivity index (χ3n) is 4.51. The van der Waals surface area contributed by atoms with Crippen molar-refractivity contribution in [1.82, 2.24) is 0 Å². The van der Waals surface area contributed by atoms with Gasteiger partial charge in [-0.05, 0) is 49.9 Å². The fourth-order valence-corrected chi connectivity index (χ4v) is 3.85. The lowest BCUT2D eigenvalue weighted by molar-refractivity contribution is 0.131. The van der Waals surface area contributed by atoms with Crippen molar-refractivity contribution in [3.63, 3.8) is 0 Å². The van der Waals surface area contributed by atoms with Gasteiger partial charge in [0.15, 0.2) is 5.96 Å². The molecule has 2 aliphatic rings. The summed E-state index contributed by atoms with van der Waals surface area (Å²) in [6.07, 6.45) is 11.1. The molecular weight excluding hydrogens is 238 g/mol. The molecule has 2 atom stereocenters. The molecule has 2 fully saturated rings. The first-order chi connectivity index (χ1) is 9.13. The summed E-state index contributed by atoms with van der Waals surface area (Å²) in [5.74, 6) is 3.09. The van der Waals surface area contributed by atoms with Crippen LogP contribution in [-0.4, -0.2) is 18.5 Å². The van der Waals surface area contributed by atoms with Crippen LogP contribution in [0, 0.1) is 17.8 Å². The van der Waals surface area contributed by atoms with E-state index in [-0.39, 0.29) is 11.9 Å². The molecule has 0 spiro atoms. The molecule has 2 aliphatic carbocycles. The van der Waals surface area contributed by atoms with E-state index in [1.165, 1.54) is 44.9 Å². The Labute approximate surface area is 115 Å². The summed E-state index contributed by atoms with van der Waals surface area (Å²) in [7, 11) is 0. The fraction of sp³-hybridized carbons (Fsp3) is 0.857. The van der Waals surface area contributed by atoms with E-state index in [0.29, 0.717) is 0 Å². The van der Waals surface area contributed by atoms with Crippen LogP contribution in [0.3, 0.4) is 0 Å². The molecule has 108 valence electrons. The minimum absolute atomic E-state index is 0.0265. The van der Waals surface area contributed by atoms with Crippen molar-refractivity contribution >= 4 is 11.9 Å². The average Bonchev–Trinajstić information content (AvgIpc) is 2.33. The molecule has 0 heterocycles. The highest BCUT2D eigenvalue weighted by atomic mass is 15.1. The van der Waals surface area contributed by atoms with E-state index >= 15 is 0 Å². The monoisotopic (exact) mass is 265 g/mol. The molecule has 0 amide bonds. The van der Waals surface area contributed by atoms with Gasteiger partial charge >= 0.3 is 0 Å². The number of rotatable bonds is 4. The van der Waals surface area contributed by atoms with Gasteiger partial charge in [-0.15, -0.1) is 0 Å². The Balaban J connectivity index is 1.67. The minimum Gasteiger partial charge on any atom is -0.370 e. The quantitative estimate of drug-likeness (QED) is 0.408. The highest BCUT2D eigenvalue weighted by molar-refractivity contribution is 5.92. The number of guanidine groups is 2. The molecule has 0 radical (unpaired) electrons. The van der Waals surface area contributed by atoms with E-state index in [9.17, 15) is 0 Å². The molecule has 0 aliphatic heterocycles. The molecule has 0 aromatic heterocycles. The maximum absolute atomic E-state index is 5.57. The zero-order valence-electron chi connectivity index (χ0n) is 11.7. The molecule has 5 heteroatoms. The van der Waals surface area contributed by atoms with Crippen LogP contribution >= 0.6 is 0 Å². The molecule has 5 nitrogen and oxygen atoms in total. The molecule has 2 saturated carbocycles. The number of fused-ring (bicyclic) bond motifs is 2. The summed E-state index contributed by atoms with van der Waals surface area (Å²) in [4.78, 5) is 7.88. The summed E-state index contributed by atoms with van der Waals surface area (Å²) in [6.45, 7) is 0.731.